The van der Waals surface area contributed by atoms with Crippen LogP contribution in [0.15, 0.2) is 45.8 Å². The van der Waals surface area contributed by atoms with Crippen molar-refractivity contribution in [1.29, 1.82) is 0 Å². The van der Waals surface area contributed by atoms with Crippen molar-refractivity contribution < 1.29 is 4.52 Å². The second-order valence-corrected chi connectivity index (χ2v) is 5.82. The number of rotatable bonds is 2. The molecule has 4 aromatic heterocycles. The summed E-state index contributed by atoms with van der Waals surface area (Å²) in [5.41, 5.74) is 2.37. The van der Waals surface area contributed by atoms with Crippen molar-refractivity contribution in [3.8, 4) is 21.1 Å². The largest absolute Gasteiger partial charge is 0.363 e. The smallest absolute Gasteiger partial charge is 0.145 e. The van der Waals surface area contributed by atoms with Gasteiger partial charge < -0.3 is 4.52 Å². The second-order valence-electron chi connectivity index (χ2n) is 3.93. The molecule has 0 aliphatic rings. The van der Waals surface area contributed by atoms with E-state index in [-0.39, 0.29) is 0 Å². The van der Waals surface area contributed by atoms with Gasteiger partial charge >= 0.3 is 0 Å². The van der Waals surface area contributed by atoms with Gasteiger partial charge in [0, 0.05) is 0 Å². The van der Waals surface area contributed by atoms with Crippen LogP contribution in [0.3, 0.4) is 0 Å². The number of aromatic nitrogens is 3. The Morgan fingerprint density at radius 2 is 1.58 bits per heavy atom. The van der Waals surface area contributed by atoms with Crippen molar-refractivity contribution >= 4 is 33.6 Å². The van der Waals surface area contributed by atoms with Crippen LogP contribution in [0.4, 0.5) is 0 Å². The summed E-state index contributed by atoms with van der Waals surface area (Å²) in [5, 5.41) is 17.7. The number of hydrogen-bond donors (Lipinski definition) is 0. The Bertz CT molecular complexity index is 751. The predicted octanol–water partition coefficient (Wildman–Crippen LogP) is 4.07. The number of fused-ring (bicyclic) bond motifs is 1. The minimum absolute atomic E-state index is 0.765. The number of thiophene rings is 2. The minimum atomic E-state index is 0.765. The van der Waals surface area contributed by atoms with Gasteiger partial charge in [0.1, 0.15) is 23.2 Å². The quantitative estimate of drug-likeness (QED) is 0.557. The van der Waals surface area contributed by atoms with Crippen LogP contribution in [-0.4, -0.2) is 15.4 Å². The van der Waals surface area contributed by atoms with Gasteiger partial charge in [-0.25, -0.2) is 0 Å². The molecule has 92 valence electrons. The summed E-state index contributed by atoms with van der Waals surface area (Å²) in [6.07, 6.45) is 1.64. The summed E-state index contributed by atoms with van der Waals surface area (Å²) in [4.78, 5) is 2.11. The molecule has 0 saturated heterocycles. The van der Waals surface area contributed by atoms with Crippen molar-refractivity contribution in [3.05, 3.63) is 41.3 Å². The van der Waals surface area contributed by atoms with Gasteiger partial charge in [-0.3, -0.25) is 0 Å². The highest BCUT2D eigenvalue weighted by Gasteiger charge is 2.16. The van der Waals surface area contributed by atoms with Crippen LogP contribution < -0.4 is 0 Å². The van der Waals surface area contributed by atoms with Crippen LogP contribution in [0.25, 0.3) is 32.0 Å². The van der Waals surface area contributed by atoms with Gasteiger partial charge in [-0.1, -0.05) is 17.3 Å². The third-order valence-corrected chi connectivity index (χ3v) is 4.56. The van der Waals surface area contributed by atoms with Gasteiger partial charge in [0.2, 0.25) is 0 Å². The molecule has 0 aliphatic heterocycles. The summed E-state index contributed by atoms with van der Waals surface area (Å²) in [6, 6.07) is 8.01. The Balaban J connectivity index is 2.01. The SMILES string of the molecule is c1csc(-c2nnc(-c3cccs3)c3nocc23)c1. The van der Waals surface area contributed by atoms with Crippen molar-refractivity contribution in [2.45, 2.75) is 0 Å². The molecule has 0 aromatic carbocycles. The molecule has 4 heterocycles. The lowest BCUT2D eigenvalue weighted by Gasteiger charge is -2.00. The fraction of sp³-hybridized carbons (Fsp3) is 0. The molecule has 6 heteroatoms. The second kappa shape index (κ2) is 4.25. The first-order valence-corrected chi connectivity index (χ1v) is 7.38. The minimum Gasteiger partial charge on any atom is -0.363 e. The molecule has 4 rings (SSSR count). The highest BCUT2D eigenvalue weighted by molar-refractivity contribution is 7.14. The monoisotopic (exact) mass is 285 g/mol. The van der Waals surface area contributed by atoms with Crippen molar-refractivity contribution in [3.63, 3.8) is 0 Å². The van der Waals surface area contributed by atoms with Crippen LogP contribution >= 0.6 is 22.7 Å². The third-order valence-electron chi connectivity index (χ3n) is 2.81. The summed E-state index contributed by atoms with van der Waals surface area (Å²) < 4.78 is 5.12. The molecule has 4 aromatic rings. The molecular weight excluding hydrogens is 278 g/mol. The zero-order valence-corrected chi connectivity index (χ0v) is 11.2. The molecule has 0 fully saturated rings. The fourth-order valence-corrected chi connectivity index (χ4v) is 3.38. The zero-order valence-electron chi connectivity index (χ0n) is 9.61. The first kappa shape index (κ1) is 10.8. The first-order chi connectivity index (χ1) is 9.43. The Kier molecular flexibility index (Phi) is 2.43. The highest BCUT2D eigenvalue weighted by Crippen LogP contribution is 2.34. The highest BCUT2D eigenvalue weighted by atomic mass is 32.1. The lowest BCUT2D eigenvalue weighted by molar-refractivity contribution is 0.428. The maximum Gasteiger partial charge on any atom is 0.145 e. The molecule has 0 bridgehead atoms. The average molecular weight is 285 g/mol. The van der Waals surface area contributed by atoms with Crippen LogP contribution in [0.1, 0.15) is 0 Å². The summed E-state index contributed by atoms with van der Waals surface area (Å²) >= 11 is 3.24. The van der Waals surface area contributed by atoms with E-state index in [9.17, 15) is 0 Å². The topological polar surface area (TPSA) is 51.8 Å². The maximum atomic E-state index is 5.12. The first-order valence-electron chi connectivity index (χ1n) is 5.62. The van der Waals surface area contributed by atoms with E-state index in [0.29, 0.717) is 0 Å². The molecule has 0 spiro atoms. The van der Waals surface area contributed by atoms with E-state index >= 15 is 0 Å². The summed E-state index contributed by atoms with van der Waals surface area (Å²) in [5.74, 6) is 0. The number of nitrogens with zero attached hydrogens (tertiary/aromatic N) is 3. The molecular formula is C13H7N3OS2. The maximum absolute atomic E-state index is 5.12. The Labute approximate surface area is 116 Å². The lowest BCUT2D eigenvalue weighted by atomic mass is 10.2. The van der Waals surface area contributed by atoms with Gasteiger partial charge in [0.05, 0.1) is 15.1 Å². The molecule has 0 radical (unpaired) electrons. The normalized spacial score (nSPS) is 11.2. The Morgan fingerprint density at radius 3 is 2.26 bits per heavy atom. The molecule has 19 heavy (non-hydrogen) atoms. The van der Waals surface area contributed by atoms with Gasteiger partial charge in [-0.05, 0) is 22.9 Å². The third kappa shape index (κ3) is 1.68. The van der Waals surface area contributed by atoms with Gasteiger partial charge in [0.25, 0.3) is 0 Å². The Hall–Kier alpha value is -2.05. The van der Waals surface area contributed by atoms with E-state index < -0.39 is 0 Å². The standard InChI is InChI=1S/C13H7N3OS2/c1-3-9(18-5-1)11-8-7-17-16-12(8)13(15-14-11)10-4-2-6-19-10/h1-7H. The van der Waals surface area contributed by atoms with Crippen molar-refractivity contribution in [1.82, 2.24) is 15.4 Å². The summed E-state index contributed by atoms with van der Waals surface area (Å²) in [7, 11) is 0. The van der Waals surface area contributed by atoms with E-state index in [1.54, 1.807) is 28.9 Å². The molecule has 0 amide bonds. The van der Waals surface area contributed by atoms with E-state index in [1.807, 2.05) is 35.0 Å². The molecule has 0 N–H and O–H groups in total. The van der Waals surface area contributed by atoms with Crippen LogP contribution in [0.5, 0.6) is 0 Å². The van der Waals surface area contributed by atoms with Crippen LogP contribution in [0, 0.1) is 0 Å². The molecule has 0 aliphatic carbocycles. The lowest BCUT2D eigenvalue weighted by Crippen LogP contribution is -1.91. The van der Waals surface area contributed by atoms with Gasteiger partial charge in [0.15, 0.2) is 0 Å². The van der Waals surface area contributed by atoms with Crippen LogP contribution in [-0.2, 0) is 0 Å². The molecule has 0 saturated carbocycles. The van der Waals surface area contributed by atoms with E-state index in [4.69, 9.17) is 4.52 Å². The van der Waals surface area contributed by atoms with Crippen molar-refractivity contribution in [2.75, 3.05) is 0 Å². The zero-order chi connectivity index (χ0) is 12.7. The molecule has 4 nitrogen and oxygen atoms in total. The summed E-state index contributed by atoms with van der Waals surface area (Å²) in [6.45, 7) is 0. The number of hydrogen-bond acceptors (Lipinski definition) is 6. The predicted molar refractivity (Wildman–Crippen MR) is 76.2 cm³/mol. The van der Waals surface area contributed by atoms with E-state index in [0.717, 1.165) is 32.0 Å². The Morgan fingerprint density at radius 1 is 0.895 bits per heavy atom. The molecule has 0 atom stereocenters. The van der Waals surface area contributed by atoms with E-state index in [2.05, 4.69) is 15.4 Å². The molecule has 0 unspecified atom stereocenters. The van der Waals surface area contributed by atoms with Crippen LogP contribution in [0.2, 0.25) is 0 Å². The average Bonchev–Trinajstić information content (AvgIpc) is 3.19. The van der Waals surface area contributed by atoms with Gasteiger partial charge in [-0.15, -0.1) is 32.9 Å². The van der Waals surface area contributed by atoms with Gasteiger partial charge in [-0.2, -0.15) is 0 Å². The fourth-order valence-electron chi connectivity index (χ4n) is 1.95. The van der Waals surface area contributed by atoms with E-state index in [1.165, 1.54) is 0 Å². The van der Waals surface area contributed by atoms with Crippen molar-refractivity contribution in [2.24, 2.45) is 0 Å².